The van der Waals surface area contributed by atoms with E-state index in [1.165, 1.54) is 31.2 Å². The van der Waals surface area contributed by atoms with Gasteiger partial charge in [-0.25, -0.2) is 13.1 Å². The number of hydrogen-bond donors (Lipinski definition) is 3. The van der Waals surface area contributed by atoms with E-state index >= 15 is 0 Å². The van der Waals surface area contributed by atoms with Crippen molar-refractivity contribution in [1.29, 1.82) is 0 Å². The number of carbonyl (C=O) groups excluding carboxylic acids is 2. The van der Waals surface area contributed by atoms with E-state index in [2.05, 4.69) is 20.5 Å². The van der Waals surface area contributed by atoms with Crippen molar-refractivity contribution in [3.8, 4) is 0 Å². The predicted molar refractivity (Wildman–Crippen MR) is 112 cm³/mol. The Morgan fingerprint density at radius 1 is 0.967 bits per heavy atom. The van der Waals surface area contributed by atoms with Gasteiger partial charge in [0.2, 0.25) is 15.9 Å². The molecule has 3 aromatic rings. The number of aromatic nitrogens is 2. The highest BCUT2D eigenvalue weighted by Crippen LogP contribution is 2.15. The van der Waals surface area contributed by atoms with Crippen molar-refractivity contribution in [3.63, 3.8) is 0 Å². The maximum Gasteiger partial charge on any atom is 0.256 e. The van der Waals surface area contributed by atoms with E-state index in [-0.39, 0.29) is 23.3 Å². The molecule has 0 aliphatic rings. The maximum atomic E-state index is 12.4. The van der Waals surface area contributed by atoms with Crippen molar-refractivity contribution in [1.82, 2.24) is 14.5 Å². The minimum atomic E-state index is -3.72. The van der Waals surface area contributed by atoms with Crippen LogP contribution in [-0.2, 0) is 28.4 Å². The van der Waals surface area contributed by atoms with Crippen molar-refractivity contribution < 1.29 is 18.0 Å². The number of nitrogens with zero attached hydrogens (tertiary/aromatic N) is 2. The Bertz CT molecular complexity index is 1150. The smallest absolute Gasteiger partial charge is 0.256 e. The minimum absolute atomic E-state index is 0.0674. The van der Waals surface area contributed by atoms with E-state index in [9.17, 15) is 18.0 Å². The Morgan fingerprint density at radius 2 is 1.63 bits per heavy atom. The fourth-order valence-corrected chi connectivity index (χ4v) is 3.64. The monoisotopic (exact) mass is 427 g/mol. The number of hydrogen-bond acceptors (Lipinski definition) is 5. The third-order valence-corrected chi connectivity index (χ3v) is 5.54. The summed E-state index contributed by atoms with van der Waals surface area (Å²) in [5.74, 6) is -0.0927. The summed E-state index contributed by atoms with van der Waals surface area (Å²) >= 11 is 0. The Balaban J connectivity index is 1.59. The number of benzene rings is 2. The van der Waals surface area contributed by atoms with E-state index < -0.39 is 10.0 Å². The predicted octanol–water partition coefficient (Wildman–Crippen LogP) is 2.11. The molecule has 9 nitrogen and oxygen atoms in total. The molecular formula is C20H21N5O4S. The van der Waals surface area contributed by atoms with Gasteiger partial charge in [0.1, 0.15) is 0 Å². The Morgan fingerprint density at radius 3 is 2.20 bits per heavy atom. The highest BCUT2D eigenvalue weighted by molar-refractivity contribution is 7.89. The van der Waals surface area contributed by atoms with Crippen molar-refractivity contribution in [2.24, 2.45) is 7.05 Å². The first-order valence-electron chi connectivity index (χ1n) is 9.00. The first-order chi connectivity index (χ1) is 14.2. The number of aryl methyl sites for hydroxylation is 1. The lowest BCUT2D eigenvalue weighted by Gasteiger charge is -2.09. The van der Waals surface area contributed by atoms with Crippen LogP contribution in [0.25, 0.3) is 0 Å². The lowest BCUT2D eigenvalue weighted by atomic mass is 10.1. The molecule has 3 N–H and O–H groups in total. The SMILES string of the molecule is CC(=O)Nc1ccc(S(=O)(=O)NCc2ccc(C(=O)Nc3ccn(C)n3)cc2)cc1. The Hall–Kier alpha value is -3.50. The molecule has 10 heteroatoms. The van der Waals surface area contributed by atoms with Gasteiger partial charge < -0.3 is 10.6 Å². The highest BCUT2D eigenvalue weighted by Gasteiger charge is 2.14. The molecule has 0 saturated heterocycles. The second-order valence-corrected chi connectivity index (χ2v) is 8.32. The summed E-state index contributed by atoms with van der Waals surface area (Å²) in [6.45, 7) is 1.44. The van der Waals surface area contributed by atoms with Crippen LogP contribution in [0.1, 0.15) is 22.8 Å². The van der Waals surface area contributed by atoms with Crippen LogP contribution in [-0.4, -0.2) is 30.0 Å². The summed E-state index contributed by atoms with van der Waals surface area (Å²) in [7, 11) is -1.97. The van der Waals surface area contributed by atoms with Crippen LogP contribution in [0.2, 0.25) is 0 Å². The van der Waals surface area contributed by atoms with E-state index in [1.807, 2.05) is 0 Å². The van der Waals surface area contributed by atoms with Gasteiger partial charge in [0.05, 0.1) is 4.90 Å². The quantitative estimate of drug-likeness (QED) is 0.533. The van der Waals surface area contributed by atoms with E-state index in [1.54, 1.807) is 48.3 Å². The molecule has 0 bridgehead atoms. The molecule has 1 heterocycles. The molecule has 30 heavy (non-hydrogen) atoms. The summed E-state index contributed by atoms with van der Waals surface area (Å²) in [6.07, 6.45) is 1.72. The summed E-state index contributed by atoms with van der Waals surface area (Å²) < 4.78 is 29.0. The number of sulfonamides is 1. The molecular weight excluding hydrogens is 406 g/mol. The second kappa shape index (κ2) is 8.89. The second-order valence-electron chi connectivity index (χ2n) is 6.56. The number of anilines is 2. The Kier molecular flexibility index (Phi) is 6.28. The van der Waals surface area contributed by atoms with E-state index in [0.717, 1.165) is 0 Å². The number of nitrogens with one attached hydrogen (secondary N) is 3. The lowest BCUT2D eigenvalue weighted by Crippen LogP contribution is -2.23. The van der Waals surface area contributed by atoms with Crippen molar-refractivity contribution in [2.45, 2.75) is 18.4 Å². The molecule has 3 rings (SSSR count). The zero-order valence-corrected chi connectivity index (χ0v) is 17.2. The average molecular weight is 427 g/mol. The fourth-order valence-electron chi connectivity index (χ4n) is 2.63. The molecule has 1 aromatic heterocycles. The van der Waals surface area contributed by atoms with Crippen LogP contribution in [0.3, 0.4) is 0 Å². The van der Waals surface area contributed by atoms with Crippen LogP contribution in [0.4, 0.5) is 11.5 Å². The van der Waals surface area contributed by atoms with Gasteiger partial charge in [0, 0.05) is 44.0 Å². The number of carbonyl (C=O) groups is 2. The summed E-state index contributed by atoms with van der Waals surface area (Å²) in [4.78, 5) is 23.4. The summed E-state index contributed by atoms with van der Waals surface area (Å²) in [5.41, 5.74) is 1.64. The molecule has 0 aliphatic carbocycles. The van der Waals surface area contributed by atoms with Crippen molar-refractivity contribution in [3.05, 3.63) is 71.9 Å². The van der Waals surface area contributed by atoms with Gasteiger partial charge in [-0.15, -0.1) is 0 Å². The molecule has 0 aliphatic heterocycles. The molecule has 0 fully saturated rings. The van der Waals surface area contributed by atoms with E-state index in [0.29, 0.717) is 22.6 Å². The molecule has 0 radical (unpaired) electrons. The molecule has 156 valence electrons. The first kappa shape index (κ1) is 21.2. The van der Waals surface area contributed by atoms with Gasteiger partial charge in [-0.3, -0.25) is 14.3 Å². The molecule has 0 spiro atoms. The van der Waals surface area contributed by atoms with Gasteiger partial charge in [-0.1, -0.05) is 12.1 Å². The van der Waals surface area contributed by atoms with Crippen LogP contribution >= 0.6 is 0 Å². The standard InChI is InChI=1S/C20H21N5O4S/c1-14(26)22-17-7-9-18(10-8-17)30(28,29)21-13-15-3-5-16(6-4-15)20(27)23-19-11-12-25(2)24-19/h3-12,21H,13H2,1-2H3,(H,22,26)(H,23,24,27). The lowest BCUT2D eigenvalue weighted by molar-refractivity contribution is -0.114. The third-order valence-electron chi connectivity index (χ3n) is 4.12. The molecule has 2 aromatic carbocycles. The van der Waals surface area contributed by atoms with Gasteiger partial charge in [-0.05, 0) is 42.0 Å². The van der Waals surface area contributed by atoms with Gasteiger partial charge in [0.15, 0.2) is 5.82 Å². The third kappa shape index (κ3) is 5.52. The first-order valence-corrected chi connectivity index (χ1v) is 10.5. The average Bonchev–Trinajstić information content (AvgIpc) is 3.11. The zero-order valence-electron chi connectivity index (χ0n) is 16.4. The number of amides is 2. The topological polar surface area (TPSA) is 122 Å². The highest BCUT2D eigenvalue weighted by atomic mass is 32.2. The van der Waals surface area contributed by atoms with Crippen LogP contribution < -0.4 is 15.4 Å². The Labute approximate surface area is 174 Å². The normalized spacial score (nSPS) is 11.1. The molecule has 0 saturated carbocycles. The maximum absolute atomic E-state index is 12.4. The van der Waals surface area contributed by atoms with Crippen LogP contribution in [0.15, 0.2) is 65.7 Å². The van der Waals surface area contributed by atoms with Gasteiger partial charge in [0.25, 0.3) is 5.91 Å². The number of rotatable bonds is 7. The zero-order chi connectivity index (χ0) is 21.7. The van der Waals surface area contributed by atoms with Crippen LogP contribution in [0.5, 0.6) is 0 Å². The molecule has 0 atom stereocenters. The summed E-state index contributed by atoms with van der Waals surface area (Å²) in [6, 6.07) is 14.1. The fraction of sp³-hybridized carbons (Fsp3) is 0.150. The van der Waals surface area contributed by atoms with Crippen molar-refractivity contribution in [2.75, 3.05) is 10.6 Å². The van der Waals surface area contributed by atoms with Gasteiger partial charge in [-0.2, -0.15) is 5.10 Å². The molecule has 0 unspecified atom stereocenters. The summed E-state index contributed by atoms with van der Waals surface area (Å²) in [5, 5.41) is 9.35. The van der Waals surface area contributed by atoms with E-state index in [4.69, 9.17) is 0 Å². The largest absolute Gasteiger partial charge is 0.326 e. The van der Waals surface area contributed by atoms with Gasteiger partial charge >= 0.3 is 0 Å². The van der Waals surface area contributed by atoms with Crippen molar-refractivity contribution >= 4 is 33.3 Å². The molecule has 2 amide bonds. The minimum Gasteiger partial charge on any atom is -0.326 e. The van der Waals surface area contributed by atoms with Crippen LogP contribution in [0, 0.1) is 0 Å².